The predicted octanol–water partition coefficient (Wildman–Crippen LogP) is 1.21. The van der Waals surface area contributed by atoms with E-state index >= 15 is 0 Å². The van der Waals surface area contributed by atoms with Crippen LogP contribution in [0.2, 0.25) is 0 Å². The van der Waals surface area contributed by atoms with Crippen LogP contribution in [0, 0.1) is 22.0 Å². The zero-order valence-corrected chi connectivity index (χ0v) is 19.4. The molecule has 1 amide bonds. The third kappa shape index (κ3) is 5.96. The lowest BCUT2D eigenvalue weighted by atomic mass is 10.1. The van der Waals surface area contributed by atoms with Crippen molar-refractivity contribution < 1.29 is 37.5 Å². The minimum atomic E-state index is -5.03. The maximum atomic E-state index is 12.2. The Morgan fingerprint density at radius 1 is 1.37 bits per heavy atom. The molecule has 4 N–H and O–H groups in total. The van der Waals surface area contributed by atoms with Gasteiger partial charge in [-0.1, -0.05) is 11.8 Å². The lowest BCUT2D eigenvalue weighted by Gasteiger charge is -2.16. The van der Waals surface area contributed by atoms with Gasteiger partial charge in [0, 0.05) is 18.1 Å². The van der Waals surface area contributed by atoms with Crippen molar-refractivity contribution in [1.29, 1.82) is 0 Å². The van der Waals surface area contributed by atoms with Gasteiger partial charge in [0.15, 0.2) is 11.5 Å². The Hall–Kier alpha value is -4.33. The molecule has 0 aliphatic carbocycles. The largest absolute Gasteiger partial charge is 0.471 e. The number of nitrogens with one attached hydrogen (secondary N) is 1. The van der Waals surface area contributed by atoms with Crippen LogP contribution in [0.25, 0.3) is 11.2 Å². The van der Waals surface area contributed by atoms with Crippen molar-refractivity contribution in [3.63, 3.8) is 0 Å². The van der Waals surface area contributed by atoms with Crippen molar-refractivity contribution in [2.75, 3.05) is 18.9 Å². The second-order valence-corrected chi connectivity index (χ2v) is 8.11. The van der Waals surface area contributed by atoms with Crippen LogP contribution in [0.5, 0.6) is 0 Å². The van der Waals surface area contributed by atoms with Gasteiger partial charge in [-0.25, -0.2) is 15.0 Å². The Morgan fingerprint density at radius 2 is 2.16 bits per heavy atom. The maximum Gasteiger partial charge on any atom is 0.471 e. The van der Waals surface area contributed by atoms with E-state index in [4.69, 9.17) is 15.2 Å². The topological polar surface area (TPSA) is 181 Å². The maximum absolute atomic E-state index is 12.2. The first kappa shape index (κ1) is 26.7. The zero-order valence-electron chi connectivity index (χ0n) is 19.4. The summed E-state index contributed by atoms with van der Waals surface area (Å²) in [6.45, 7) is -0.837. The molecule has 1 fully saturated rings. The molecule has 0 unspecified atom stereocenters. The Labute approximate surface area is 211 Å². The van der Waals surface area contributed by atoms with Crippen molar-refractivity contribution in [2.24, 2.45) is 0 Å². The molecule has 1 saturated heterocycles. The van der Waals surface area contributed by atoms with Crippen molar-refractivity contribution in [2.45, 2.75) is 37.6 Å². The number of aliphatic hydroxyl groups is 1. The molecule has 38 heavy (non-hydrogen) atoms. The average Bonchev–Trinajstić information content (AvgIpc) is 3.45. The van der Waals surface area contributed by atoms with Crippen LogP contribution in [0.1, 0.15) is 23.8 Å². The van der Waals surface area contributed by atoms with Gasteiger partial charge in [-0.15, -0.1) is 0 Å². The van der Waals surface area contributed by atoms with Crippen molar-refractivity contribution in [1.82, 2.24) is 24.8 Å². The molecule has 200 valence electrons. The number of nitrogen functional groups attached to an aromatic ring is 1. The number of aliphatic hydroxyl groups excluding tert-OH is 1. The quantitative estimate of drug-likeness (QED) is 0.226. The van der Waals surface area contributed by atoms with Crippen LogP contribution in [-0.2, 0) is 20.9 Å². The van der Waals surface area contributed by atoms with Gasteiger partial charge in [0.25, 0.3) is 5.69 Å². The van der Waals surface area contributed by atoms with Gasteiger partial charge < -0.3 is 25.6 Å². The number of imidazole rings is 1. The first-order chi connectivity index (χ1) is 18.0. The average molecular weight is 535 g/mol. The van der Waals surface area contributed by atoms with Gasteiger partial charge in [-0.2, -0.15) is 13.2 Å². The van der Waals surface area contributed by atoms with E-state index in [0.717, 1.165) is 6.07 Å². The summed E-state index contributed by atoms with van der Waals surface area (Å²) in [5.41, 5.74) is 6.70. The highest BCUT2D eigenvalue weighted by Crippen LogP contribution is 2.32. The van der Waals surface area contributed by atoms with Crippen molar-refractivity contribution in [3.05, 3.63) is 52.1 Å². The standard InChI is InChI=1S/C22H20F3N7O6/c23-22(24,25)21(34)27-5-1-2-12-3-4-13(14(6-12)32(35)36)8-37-9-16-15(33)7-17(38-16)31-11-30-18-19(26)28-10-29-20(18)31/h3-4,6,10-11,15-17,33H,5,7-9H2,(H,27,34)(H2,26,28,29)/t15-,16+,17+/m0/s1. The molecule has 0 spiro atoms. The van der Waals surface area contributed by atoms with E-state index in [1.54, 1.807) is 9.88 Å². The molecule has 1 aromatic carbocycles. The first-order valence-corrected chi connectivity index (χ1v) is 11.0. The number of fused-ring (bicyclic) bond motifs is 1. The number of ether oxygens (including phenoxy) is 2. The molecule has 13 nitrogen and oxygen atoms in total. The third-order valence-electron chi connectivity index (χ3n) is 5.55. The number of carbonyl (C=O) groups is 1. The fourth-order valence-electron chi connectivity index (χ4n) is 3.71. The van der Waals surface area contributed by atoms with Crippen LogP contribution < -0.4 is 11.1 Å². The Kier molecular flexibility index (Phi) is 7.71. The number of carbonyl (C=O) groups excluding carboxylic acids is 1. The molecule has 1 aliphatic heterocycles. The number of alkyl halides is 3. The summed E-state index contributed by atoms with van der Waals surface area (Å²) >= 11 is 0. The second-order valence-electron chi connectivity index (χ2n) is 8.11. The number of benzene rings is 1. The molecule has 0 radical (unpaired) electrons. The summed E-state index contributed by atoms with van der Waals surface area (Å²) < 4.78 is 49.6. The lowest BCUT2D eigenvalue weighted by Crippen LogP contribution is -2.36. The molecule has 3 aromatic rings. The highest BCUT2D eigenvalue weighted by Gasteiger charge is 2.38. The SMILES string of the molecule is Nc1ncnc2c1ncn2[C@H]1C[C@H](O)[C@@H](COCc2ccc(C#CCNC(=O)C(F)(F)F)cc2[N+](=O)[O-])O1. The Morgan fingerprint density at radius 3 is 2.89 bits per heavy atom. The molecule has 3 heterocycles. The smallest absolute Gasteiger partial charge is 0.390 e. The third-order valence-corrected chi connectivity index (χ3v) is 5.55. The predicted molar refractivity (Wildman–Crippen MR) is 123 cm³/mol. The van der Waals surface area contributed by atoms with Crippen LogP contribution in [-0.4, -0.2) is 67.0 Å². The molecular weight excluding hydrogens is 515 g/mol. The number of aromatic nitrogens is 4. The van der Waals surface area contributed by atoms with Gasteiger partial charge in [-0.3, -0.25) is 19.5 Å². The summed E-state index contributed by atoms with van der Waals surface area (Å²) in [6.07, 6.45) is -4.24. The van der Waals surface area contributed by atoms with E-state index in [0.29, 0.717) is 11.2 Å². The zero-order chi connectivity index (χ0) is 27.4. The molecule has 2 aromatic heterocycles. The molecule has 0 saturated carbocycles. The Balaban J connectivity index is 1.34. The summed E-state index contributed by atoms with van der Waals surface area (Å²) in [7, 11) is 0. The molecule has 3 atom stereocenters. The molecular formula is C22H20F3N7O6. The second kappa shape index (κ2) is 11.0. The number of nitrogens with two attached hydrogens (primary N) is 1. The fraction of sp³-hybridized carbons (Fsp3) is 0.364. The molecule has 4 rings (SSSR count). The van der Waals surface area contributed by atoms with Crippen LogP contribution in [0.15, 0.2) is 30.9 Å². The summed E-state index contributed by atoms with van der Waals surface area (Å²) in [4.78, 5) is 33.8. The van der Waals surface area contributed by atoms with E-state index in [2.05, 4.69) is 26.8 Å². The van der Waals surface area contributed by atoms with E-state index in [1.165, 1.54) is 24.8 Å². The van der Waals surface area contributed by atoms with E-state index in [9.17, 15) is 33.2 Å². The number of halogens is 3. The number of nitrogens with zero attached hydrogens (tertiary/aromatic N) is 5. The summed E-state index contributed by atoms with van der Waals surface area (Å²) in [5.74, 6) is 2.84. The minimum absolute atomic E-state index is 0.0704. The minimum Gasteiger partial charge on any atom is -0.390 e. The van der Waals surface area contributed by atoms with Gasteiger partial charge in [0.05, 0.1) is 42.7 Å². The highest BCUT2D eigenvalue weighted by atomic mass is 19.4. The van der Waals surface area contributed by atoms with Crippen molar-refractivity contribution >= 4 is 28.6 Å². The van der Waals surface area contributed by atoms with Crippen LogP contribution in [0.4, 0.5) is 24.7 Å². The van der Waals surface area contributed by atoms with Crippen LogP contribution >= 0.6 is 0 Å². The number of amides is 1. The van der Waals surface area contributed by atoms with E-state index in [1.807, 2.05) is 0 Å². The Bertz CT molecular complexity index is 1420. The van der Waals surface area contributed by atoms with Crippen molar-refractivity contribution in [3.8, 4) is 11.8 Å². The monoisotopic (exact) mass is 535 g/mol. The normalized spacial score (nSPS) is 19.2. The number of nitro groups is 1. The highest BCUT2D eigenvalue weighted by molar-refractivity contribution is 5.82. The van der Waals surface area contributed by atoms with Crippen LogP contribution in [0.3, 0.4) is 0 Å². The fourth-order valence-corrected chi connectivity index (χ4v) is 3.71. The lowest BCUT2D eigenvalue weighted by molar-refractivity contribution is -0.386. The number of anilines is 1. The summed E-state index contributed by atoms with van der Waals surface area (Å²) in [5, 5.41) is 23.5. The number of hydrogen-bond donors (Lipinski definition) is 3. The van der Waals surface area contributed by atoms with E-state index in [-0.39, 0.29) is 42.3 Å². The first-order valence-electron chi connectivity index (χ1n) is 11.0. The van der Waals surface area contributed by atoms with Gasteiger partial charge in [0.2, 0.25) is 0 Å². The van der Waals surface area contributed by atoms with E-state index < -0.39 is 42.0 Å². The number of hydrogen-bond acceptors (Lipinski definition) is 10. The van der Waals surface area contributed by atoms with Gasteiger partial charge in [-0.05, 0) is 12.1 Å². The number of nitro benzene ring substituents is 1. The van der Waals surface area contributed by atoms with Gasteiger partial charge >= 0.3 is 12.1 Å². The summed E-state index contributed by atoms with van der Waals surface area (Å²) in [6, 6.07) is 3.97. The number of rotatable bonds is 7. The van der Waals surface area contributed by atoms with Gasteiger partial charge in [0.1, 0.15) is 24.2 Å². The molecule has 0 bridgehead atoms. The molecule has 16 heteroatoms. The molecule has 1 aliphatic rings.